The second-order valence-corrected chi connectivity index (χ2v) is 4.73. The third-order valence-corrected chi connectivity index (χ3v) is 3.06. The van der Waals surface area contributed by atoms with Crippen LogP contribution in [0.25, 0.3) is 0 Å². The number of benzene rings is 1. The highest BCUT2D eigenvalue weighted by molar-refractivity contribution is 7.09. The van der Waals surface area contributed by atoms with Crippen molar-refractivity contribution in [3.63, 3.8) is 0 Å². The molecule has 1 N–H and O–H groups in total. The van der Waals surface area contributed by atoms with Gasteiger partial charge in [0.25, 0.3) is 5.69 Å². The number of hydrogen-bond acceptors (Lipinski definition) is 5. The largest absolute Gasteiger partial charge is 0.379 e. The number of aryl methyl sites for hydroxylation is 1. The molecule has 1 aromatic carbocycles. The lowest BCUT2D eigenvalue weighted by molar-refractivity contribution is -0.385. The second kappa shape index (κ2) is 5.09. The third kappa shape index (κ3) is 3.01. The standard InChI is InChI=1S/C11H10FN3O2S/c1-7-14-10(6-18-7)5-13-9-2-8(12)3-11(4-9)15(16)17/h2-4,6,13H,5H2,1H3. The summed E-state index contributed by atoms with van der Waals surface area (Å²) < 4.78 is 13.2. The van der Waals surface area contributed by atoms with Gasteiger partial charge in [0.1, 0.15) is 5.82 Å². The third-order valence-electron chi connectivity index (χ3n) is 2.23. The van der Waals surface area contributed by atoms with E-state index < -0.39 is 10.7 Å². The number of nitro groups is 1. The fourth-order valence-electron chi connectivity index (χ4n) is 1.46. The first kappa shape index (κ1) is 12.4. The van der Waals surface area contributed by atoms with Crippen molar-refractivity contribution in [2.45, 2.75) is 13.5 Å². The van der Waals surface area contributed by atoms with E-state index in [1.807, 2.05) is 12.3 Å². The Balaban J connectivity index is 2.11. The van der Waals surface area contributed by atoms with Crippen LogP contribution in [-0.4, -0.2) is 9.91 Å². The minimum Gasteiger partial charge on any atom is -0.379 e. The highest BCUT2D eigenvalue weighted by Gasteiger charge is 2.09. The highest BCUT2D eigenvalue weighted by Crippen LogP contribution is 2.20. The summed E-state index contributed by atoms with van der Waals surface area (Å²) in [6.45, 7) is 2.30. The van der Waals surface area contributed by atoms with Crippen LogP contribution in [0.15, 0.2) is 23.6 Å². The SMILES string of the molecule is Cc1nc(CNc2cc(F)cc([N+](=O)[O-])c2)cs1. The molecule has 2 rings (SSSR count). The number of rotatable bonds is 4. The zero-order valence-electron chi connectivity index (χ0n) is 9.51. The maximum Gasteiger partial charge on any atom is 0.274 e. The molecule has 0 aliphatic rings. The van der Waals surface area contributed by atoms with Crippen LogP contribution in [0, 0.1) is 22.9 Å². The number of thiazole rings is 1. The van der Waals surface area contributed by atoms with Crippen LogP contribution in [0.5, 0.6) is 0 Å². The smallest absolute Gasteiger partial charge is 0.274 e. The van der Waals surface area contributed by atoms with E-state index in [2.05, 4.69) is 10.3 Å². The Labute approximate surface area is 106 Å². The van der Waals surface area contributed by atoms with Gasteiger partial charge < -0.3 is 5.32 Å². The molecule has 0 bridgehead atoms. The number of nitro benzene ring substituents is 1. The van der Waals surface area contributed by atoms with Crippen LogP contribution in [0.3, 0.4) is 0 Å². The predicted octanol–water partition coefficient (Wildman–Crippen LogP) is 3.11. The van der Waals surface area contributed by atoms with Gasteiger partial charge in [0.15, 0.2) is 0 Å². The molecule has 0 aliphatic carbocycles. The van der Waals surface area contributed by atoms with Crippen molar-refractivity contribution < 1.29 is 9.31 Å². The van der Waals surface area contributed by atoms with E-state index >= 15 is 0 Å². The number of nitrogens with one attached hydrogen (secondary N) is 1. The molecule has 0 saturated carbocycles. The summed E-state index contributed by atoms with van der Waals surface area (Å²) in [6.07, 6.45) is 0. The molecule has 0 atom stereocenters. The zero-order chi connectivity index (χ0) is 13.1. The van der Waals surface area contributed by atoms with Gasteiger partial charge in [-0.2, -0.15) is 0 Å². The fourth-order valence-corrected chi connectivity index (χ4v) is 2.08. The summed E-state index contributed by atoms with van der Waals surface area (Å²) >= 11 is 1.52. The lowest BCUT2D eigenvalue weighted by atomic mass is 10.2. The Hall–Kier alpha value is -2.02. The predicted molar refractivity (Wildman–Crippen MR) is 67.2 cm³/mol. The molecule has 0 aliphatic heterocycles. The summed E-state index contributed by atoms with van der Waals surface area (Å²) in [7, 11) is 0. The molecular formula is C11H10FN3O2S. The van der Waals surface area contributed by atoms with Crippen LogP contribution in [-0.2, 0) is 6.54 Å². The second-order valence-electron chi connectivity index (χ2n) is 3.67. The Bertz CT molecular complexity index is 585. The van der Waals surface area contributed by atoms with E-state index in [1.165, 1.54) is 23.5 Å². The Morgan fingerprint density at radius 3 is 2.89 bits per heavy atom. The summed E-state index contributed by atoms with van der Waals surface area (Å²) in [5, 5.41) is 16.3. The van der Waals surface area contributed by atoms with Crippen LogP contribution in [0.2, 0.25) is 0 Å². The average molecular weight is 267 g/mol. The number of halogens is 1. The Morgan fingerprint density at radius 1 is 1.50 bits per heavy atom. The topological polar surface area (TPSA) is 68.1 Å². The molecular weight excluding hydrogens is 257 g/mol. The van der Waals surface area contributed by atoms with Crippen molar-refractivity contribution >= 4 is 22.7 Å². The molecule has 0 fully saturated rings. The van der Waals surface area contributed by atoms with E-state index in [9.17, 15) is 14.5 Å². The summed E-state index contributed by atoms with van der Waals surface area (Å²) in [6, 6.07) is 3.40. The molecule has 94 valence electrons. The van der Waals surface area contributed by atoms with Crippen LogP contribution in [0.1, 0.15) is 10.7 Å². The van der Waals surface area contributed by atoms with Crippen LogP contribution < -0.4 is 5.32 Å². The number of non-ortho nitro benzene ring substituents is 1. The van der Waals surface area contributed by atoms with E-state index in [0.717, 1.165) is 16.8 Å². The van der Waals surface area contributed by atoms with E-state index in [4.69, 9.17) is 0 Å². The van der Waals surface area contributed by atoms with Crippen molar-refractivity contribution in [1.29, 1.82) is 0 Å². The Morgan fingerprint density at radius 2 is 2.28 bits per heavy atom. The van der Waals surface area contributed by atoms with Crippen molar-refractivity contribution in [3.8, 4) is 0 Å². The molecule has 0 unspecified atom stereocenters. The van der Waals surface area contributed by atoms with Crippen molar-refractivity contribution in [2.24, 2.45) is 0 Å². The molecule has 0 radical (unpaired) electrons. The van der Waals surface area contributed by atoms with Crippen molar-refractivity contribution in [2.75, 3.05) is 5.32 Å². The monoisotopic (exact) mass is 267 g/mol. The van der Waals surface area contributed by atoms with Crippen molar-refractivity contribution in [1.82, 2.24) is 4.98 Å². The zero-order valence-corrected chi connectivity index (χ0v) is 10.3. The fraction of sp³-hybridized carbons (Fsp3) is 0.182. The molecule has 0 saturated heterocycles. The van der Waals surface area contributed by atoms with Gasteiger partial charge in [-0.15, -0.1) is 11.3 Å². The lowest BCUT2D eigenvalue weighted by Crippen LogP contribution is -2.01. The molecule has 18 heavy (non-hydrogen) atoms. The molecule has 7 heteroatoms. The minimum atomic E-state index is -0.638. The Kier molecular flexibility index (Phi) is 3.52. The maximum absolute atomic E-state index is 13.2. The van der Waals surface area contributed by atoms with Gasteiger partial charge >= 0.3 is 0 Å². The number of anilines is 1. The normalized spacial score (nSPS) is 10.3. The molecule has 1 heterocycles. The molecule has 2 aromatic rings. The minimum absolute atomic E-state index is 0.271. The van der Waals surface area contributed by atoms with Gasteiger partial charge in [0.05, 0.1) is 28.2 Å². The van der Waals surface area contributed by atoms with Gasteiger partial charge in [-0.1, -0.05) is 0 Å². The van der Waals surface area contributed by atoms with Gasteiger partial charge in [0, 0.05) is 17.1 Å². The first-order chi connectivity index (χ1) is 8.54. The molecule has 0 spiro atoms. The number of aromatic nitrogens is 1. The summed E-state index contributed by atoms with van der Waals surface area (Å²) in [5.41, 5.74) is 0.920. The first-order valence-corrected chi connectivity index (χ1v) is 6.02. The molecule has 0 amide bonds. The highest BCUT2D eigenvalue weighted by atomic mass is 32.1. The van der Waals surface area contributed by atoms with Crippen LogP contribution in [0.4, 0.5) is 15.8 Å². The molecule has 1 aromatic heterocycles. The molecule has 5 nitrogen and oxygen atoms in total. The summed E-state index contributed by atoms with van der Waals surface area (Å²) in [4.78, 5) is 14.2. The number of hydrogen-bond donors (Lipinski definition) is 1. The van der Waals surface area contributed by atoms with Crippen molar-refractivity contribution in [3.05, 3.63) is 50.2 Å². The van der Waals surface area contributed by atoms with Gasteiger partial charge in [-0.3, -0.25) is 10.1 Å². The van der Waals surface area contributed by atoms with Crippen LogP contribution >= 0.6 is 11.3 Å². The van der Waals surface area contributed by atoms with E-state index in [1.54, 1.807) is 0 Å². The average Bonchev–Trinajstić information content (AvgIpc) is 2.72. The van der Waals surface area contributed by atoms with Gasteiger partial charge in [-0.05, 0) is 13.0 Å². The maximum atomic E-state index is 13.2. The number of nitrogens with zero attached hydrogens (tertiary/aromatic N) is 2. The van der Waals surface area contributed by atoms with E-state index in [-0.39, 0.29) is 5.69 Å². The van der Waals surface area contributed by atoms with Gasteiger partial charge in [0.2, 0.25) is 0 Å². The van der Waals surface area contributed by atoms with Gasteiger partial charge in [-0.25, -0.2) is 9.37 Å². The lowest BCUT2D eigenvalue weighted by Gasteiger charge is -2.04. The first-order valence-electron chi connectivity index (χ1n) is 5.14. The van der Waals surface area contributed by atoms with E-state index in [0.29, 0.717) is 12.2 Å². The quantitative estimate of drug-likeness (QED) is 0.682. The summed E-state index contributed by atoms with van der Waals surface area (Å²) in [5.74, 6) is -0.638.